The van der Waals surface area contributed by atoms with E-state index < -0.39 is 0 Å². The Kier molecular flexibility index (Phi) is 6.29. The highest BCUT2D eigenvalue weighted by molar-refractivity contribution is 5.83. The Morgan fingerprint density at radius 2 is 2.33 bits per heavy atom. The second-order valence-corrected chi connectivity index (χ2v) is 2.76. The SMILES string of the molecule is C=CCC=CC(C)N=C(C)CN. The van der Waals surface area contributed by atoms with E-state index in [4.69, 9.17) is 5.73 Å². The van der Waals surface area contributed by atoms with Crippen LogP contribution in [-0.2, 0) is 0 Å². The lowest BCUT2D eigenvalue weighted by molar-refractivity contribution is 0.914. The van der Waals surface area contributed by atoms with Crippen molar-refractivity contribution < 1.29 is 0 Å². The minimum atomic E-state index is 0.230. The van der Waals surface area contributed by atoms with Crippen molar-refractivity contribution in [2.75, 3.05) is 6.54 Å². The largest absolute Gasteiger partial charge is 0.326 e. The van der Waals surface area contributed by atoms with E-state index in [-0.39, 0.29) is 6.04 Å². The van der Waals surface area contributed by atoms with Gasteiger partial charge in [-0.3, -0.25) is 4.99 Å². The first-order valence-corrected chi connectivity index (χ1v) is 4.21. The quantitative estimate of drug-likeness (QED) is 0.492. The molecule has 0 aromatic rings. The summed E-state index contributed by atoms with van der Waals surface area (Å²) in [6.07, 6.45) is 6.88. The minimum absolute atomic E-state index is 0.230. The zero-order chi connectivity index (χ0) is 9.40. The maximum atomic E-state index is 5.40. The van der Waals surface area contributed by atoms with E-state index in [1.807, 2.05) is 19.9 Å². The Morgan fingerprint density at radius 3 is 2.83 bits per heavy atom. The third-order valence-electron chi connectivity index (χ3n) is 1.44. The number of hydrogen-bond acceptors (Lipinski definition) is 2. The second-order valence-electron chi connectivity index (χ2n) is 2.76. The van der Waals surface area contributed by atoms with Crippen molar-refractivity contribution in [2.24, 2.45) is 10.7 Å². The summed E-state index contributed by atoms with van der Waals surface area (Å²) in [6, 6.07) is 0.230. The number of rotatable bonds is 5. The molecule has 2 N–H and O–H groups in total. The lowest BCUT2D eigenvalue weighted by Crippen LogP contribution is -2.12. The van der Waals surface area contributed by atoms with Crippen molar-refractivity contribution in [1.82, 2.24) is 0 Å². The van der Waals surface area contributed by atoms with Gasteiger partial charge in [-0.15, -0.1) is 6.58 Å². The smallest absolute Gasteiger partial charge is 0.0651 e. The zero-order valence-electron chi connectivity index (χ0n) is 7.96. The van der Waals surface area contributed by atoms with Crippen molar-refractivity contribution in [3.05, 3.63) is 24.8 Å². The lowest BCUT2D eigenvalue weighted by atomic mass is 10.2. The van der Waals surface area contributed by atoms with Gasteiger partial charge in [0.2, 0.25) is 0 Å². The Balaban J connectivity index is 3.87. The number of allylic oxidation sites excluding steroid dienone is 2. The van der Waals surface area contributed by atoms with Crippen LogP contribution in [0.15, 0.2) is 29.8 Å². The molecule has 0 saturated heterocycles. The van der Waals surface area contributed by atoms with Gasteiger partial charge < -0.3 is 5.73 Å². The molecule has 2 heteroatoms. The minimum Gasteiger partial charge on any atom is -0.326 e. The standard InChI is InChI=1S/C10H18N2/c1-4-5-6-7-9(2)12-10(3)8-11/h4,6-7,9H,1,5,8,11H2,2-3H3. The van der Waals surface area contributed by atoms with Gasteiger partial charge in [-0.25, -0.2) is 0 Å². The van der Waals surface area contributed by atoms with Crippen molar-refractivity contribution in [1.29, 1.82) is 0 Å². The van der Waals surface area contributed by atoms with Gasteiger partial charge in [0.1, 0.15) is 0 Å². The van der Waals surface area contributed by atoms with Crippen LogP contribution < -0.4 is 5.73 Å². The fraction of sp³-hybridized carbons (Fsp3) is 0.500. The molecule has 0 fully saturated rings. The molecule has 0 aromatic carbocycles. The summed E-state index contributed by atoms with van der Waals surface area (Å²) in [5.74, 6) is 0. The van der Waals surface area contributed by atoms with Crippen LogP contribution >= 0.6 is 0 Å². The number of aliphatic imine (C=N–C) groups is 1. The van der Waals surface area contributed by atoms with Crippen LogP contribution in [0.5, 0.6) is 0 Å². The molecule has 2 nitrogen and oxygen atoms in total. The van der Waals surface area contributed by atoms with Gasteiger partial charge in [-0.1, -0.05) is 18.2 Å². The van der Waals surface area contributed by atoms with Crippen molar-refractivity contribution in [3.8, 4) is 0 Å². The van der Waals surface area contributed by atoms with Crippen LogP contribution in [0.3, 0.4) is 0 Å². The molecule has 1 unspecified atom stereocenters. The van der Waals surface area contributed by atoms with E-state index in [1.165, 1.54) is 0 Å². The third-order valence-corrected chi connectivity index (χ3v) is 1.44. The van der Waals surface area contributed by atoms with Crippen LogP contribution in [0, 0.1) is 0 Å². The molecule has 0 rings (SSSR count). The fourth-order valence-electron chi connectivity index (χ4n) is 0.815. The van der Waals surface area contributed by atoms with Gasteiger partial charge in [0.15, 0.2) is 0 Å². The third kappa shape index (κ3) is 5.86. The molecular formula is C10H18N2. The van der Waals surface area contributed by atoms with Crippen molar-refractivity contribution in [3.63, 3.8) is 0 Å². The molecule has 0 radical (unpaired) electrons. The van der Waals surface area contributed by atoms with Crippen molar-refractivity contribution in [2.45, 2.75) is 26.3 Å². The van der Waals surface area contributed by atoms with Gasteiger partial charge in [0, 0.05) is 12.3 Å². The molecule has 1 atom stereocenters. The molecule has 0 aliphatic rings. The van der Waals surface area contributed by atoms with Crippen LogP contribution in [0.1, 0.15) is 20.3 Å². The van der Waals surface area contributed by atoms with Gasteiger partial charge in [0.25, 0.3) is 0 Å². The second kappa shape index (κ2) is 6.80. The first kappa shape index (κ1) is 11.1. The molecule has 0 saturated carbocycles. The first-order chi connectivity index (χ1) is 5.70. The van der Waals surface area contributed by atoms with E-state index in [9.17, 15) is 0 Å². The summed E-state index contributed by atoms with van der Waals surface area (Å²) in [5, 5.41) is 0. The summed E-state index contributed by atoms with van der Waals surface area (Å²) < 4.78 is 0. The summed E-state index contributed by atoms with van der Waals surface area (Å²) in [6.45, 7) is 8.15. The molecule has 0 amide bonds. The average Bonchev–Trinajstić information content (AvgIpc) is 2.05. The lowest BCUT2D eigenvalue weighted by Gasteiger charge is -2.00. The molecular weight excluding hydrogens is 148 g/mol. The Labute approximate surface area is 74.9 Å². The Hall–Kier alpha value is -0.890. The van der Waals surface area contributed by atoms with E-state index >= 15 is 0 Å². The Morgan fingerprint density at radius 1 is 1.67 bits per heavy atom. The summed E-state index contributed by atoms with van der Waals surface area (Å²) in [4.78, 5) is 4.34. The predicted octanol–water partition coefficient (Wildman–Crippen LogP) is 1.93. The average molecular weight is 166 g/mol. The monoisotopic (exact) mass is 166 g/mol. The highest BCUT2D eigenvalue weighted by Gasteiger charge is 1.91. The van der Waals surface area contributed by atoms with Crippen LogP contribution in [0.2, 0.25) is 0 Å². The molecule has 0 aromatic heterocycles. The summed E-state index contributed by atoms with van der Waals surface area (Å²) in [5.41, 5.74) is 6.40. The van der Waals surface area contributed by atoms with E-state index in [0.29, 0.717) is 6.54 Å². The first-order valence-electron chi connectivity index (χ1n) is 4.21. The number of nitrogens with two attached hydrogens (primary N) is 1. The maximum absolute atomic E-state index is 5.40. The predicted molar refractivity (Wildman–Crippen MR) is 55.6 cm³/mol. The number of hydrogen-bond donors (Lipinski definition) is 1. The van der Waals surface area contributed by atoms with Gasteiger partial charge in [0.05, 0.1) is 6.04 Å². The van der Waals surface area contributed by atoms with E-state index in [2.05, 4.69) is 23.7 Å². The van der Waals surface area contributed by atoms with Gasteiger partial charge in [-0.05, 0) is 20.3 Å². The van der Waals surface area contributed by atoms with Gasteiger partial charge >= 0.3 is 0 Å². The molecule has 0 aliphatic heterocycles. The maximum Gasteiger partial charge on any atom is 0.0651 e. The highest BCUT2D eigenvalue weighted by atomic mass is 14.8. The molecule has 12 heavy (non-hydrogen) atoms. The Bertz CT molecular complexity index is 180. The van der Waals surface area contributed by atoms with E-state index in [1.54, 1.807) is 0 Å². The van der Waals surface area contributed by atoms with Crippen LogP contribution in [0.4, 0.5) is 0 Å². The van der Waals surface area contributed by atoms with Gasteiger partial charge in [-0.2, -0.15) is 0 Å². The van der Waals surface area contributed by atoms with E-state index in [0.717, 1.165) is 12.1 Å². The topological polar surface area (TPSA) is 38.4 Å². The fourth-order valence-corrected chi connectivity index (χ4v) is 0.815. The molecule has 0 heterocycles. The molecule has 0 bridgehead atoms. The van der Waals surface area contributed by atoms with Crippen molar-refractivity contribution >= 4 is 5.71 Å². The zero-order valence-corrected chi connectivity index (χ0v) is 7.96. The van der Waals surface area contributed by atoms with Crippen LogP contribution in [-0.4, -0.2) is 18.3 Å². The number of nitrogens with zero attached hydrogens (tertiary/aromatic N) is 1. The van der Waals surface area contributed by atoms with Crippen LogP contribution in [0.25, 0.3) is 0 Å². The highest BCUT2D eigenvalue weighted by Crippen LogP contribution is 1.94. The molecule has 68 valence electrons. The summed E-state index contributed by atoms with van der Waals surface area (Å²) in [7, 11) is 0. The normalized spacial score (nSPS) is 15.1. The molecule has 0 aliphatic carbocycles. The summed E-state index contributed by atoms with van der Waals surface area (Å²) >= 11 is 0. The molecule has 0 spiro atoms.